The Morgan fingerprint density at radius 1 is 1.00 bits per heavy atom. The minimum Gasteiger partial charge on any atom is -0.381 e. The van der Waals surface area contributed by atoms with Crippen LogP contribution < -0.4 is 10.6 Å². The summed E-state index contributed by atoms with van der Waals surface area (Å²) < 4.78 is 3.67. The van der Waals surface area contributed by atoms with E-state index in [-0.39, 0.29) is 11.8 Å². The molecule has 4 aromatic rings. The van der Waals surface area contributed by atoms with Gasteiger partial charge in [0.25, 0.3) is 0 Å². The van der Waals surface area contributed by atoms with Crippen LogP contribution in [0.2, 0.25) is 0 Å². The molecule has 0 spiro atoms. The van der Waals surface area contributed by atoms with Gasteiger partial charge in [0.05, 0.1) is 11.9 Å². The highest BCUT2D eigenvalue weighted by Crippen LogP contribution is 2.30. The van der Waals surface area contributed by atoms with Gasteiger partial charge in [-0.25, -0.2) is 9.50 Å². The molecule has 2 saturated carbocycles. The summed E-state index contributed by atoms with van der Waals surface area (Å²) in [5.41, 5.74) is 2.56. The summed E-state index contributed by atoms with van der Waals surface area (Å²) in [7, 11) is 0. The van der Waals surface area contributed by atoms with Gasteiger partial charge in [0, 0.05) is 18.2 Å². The van der Waals surface area contributed by atoms with Crippen LogP contribution in [0.4, 0.5) is 11.5 Å². The van der Waals surface area contributed by atoms with E-state index in [1.165, 1.54) is 37.4 Å². The molecule has 4 aromatic heterocycles. The van der Waals surface area contributed by atoms with Crippen LogP contribution in [0.5, 0.6) is 0 Å². The van der Waals surface area contributed by atoms with Crippen molar-refractivity contribution >= 4 is 40.5 Å². The van der Waals surface area contributed by atoms with Gasteiger partial charge < -0.3 is 10.6 Å². The van der Waals surface area contributed by atoms with Gasteiger partial charge in [0.2, 0.25) is 11.1 Å². The summed E-state index contributed by atoms with van der Waals surface area (Å²) in [5.74, 6) is 0.704. The average Bonchev–Trinajstić information content (AvgIpc) is 3.16. The number of carbonyl (C=O) groups excluding carboxylic acids is 1. The van der Waals surface area contributed by atoms with Crippen LogP contribution in [0.15, 0.2) is 46.8 Å². The maximum absolute atomic E-state index is 12.0. The van der Waals surface area contributed by atoms with Crippen molar-refractivity contribution < 1.29 is 4.79 Å². The number of amides is 1. The zero-order valence-corrected chi connectivity index (χ0v) is 17.7. The molecule has 0 unspecified atom stereocenters. The fourth-order valence-corrected chi connectivity index (χ4v) is 4.76. The molecule has 0 atom stereocenters. The third kappa shape index (κ3) is 3.83. The standard InChI is InChI=1S/C21H22N8OS/c30-20(13-5-6-13)24-16-12-29-17(23-16)9-10-19(27-29)31-21-26-25-18-8-7-15(11-28(18)21)22-14-3-1-2-4-14/h7-14,22H,1-6H2,(H,24,30). The van der Waals surface area contributed by atoms with Crippen molar-refractivity contribution in [3.05, 3.63) is 36.7 Å². The Bertz CT molecular complexity index is 1270. The van der Waals surface area contributed by atoms with E-state index in [1.807, 2.05) is 22.6 Å². The highest BCUT2D eigenvalue weighted by atomic mass is 32.2. The van der Waals surface area contributed by atoms with E-state index in [0.29, 0.717) is 17.5 Å². The van der Waals surface area contributed by atoms with Crippen molar-refractivity contribution in [3.8, 4) is 0 Å². The largest absolute Gasteiger partial charge is 0.381 e. The Hall–Kier alpha value is -3.14. The van der Waals surface area contributed by atoms with Gasteiger partial charge in [-0.05, 0) is 61.7 Å². The third-order valence-electron chi connectivity index (χ3n) is 5.79. The Kier molecular flexibility index (Phi) is 4.52. The maximum Gasteiger partial charge on any atom is 0.228 e. The van der Waals surface area contributed by atoms with Crippen molar-refractivity contribution in [1.29, 1.82) is 0 Å². The second-order valence-corrected chi connectivity index (χ2v) is 9.21. The first kappa shape index (κ1) is 18.6. The van der Waals surface area contributed by atoms with E-state index < -0.39 is 0 Å². The number of nitrogens with one attached hydrogen (secondary N) is 2. The minimum atomic E-state index is 0.0370. The molecule has 0 saturated heterocycles. The molecular weight excluding hydrogens is 412 g/mol. The zero-order chi connectivity index (χ0) is 20.8. The zero-order valence-electron chi connectivity index (χ0n) is 16.9. The second-order valence-electron chi connectivity index (χ2n) is 8.22. The fourth-order valence-electron chi connectivity index (χ4n) is 3.98. The number of rotatable bonds is 6. The molecule has 6 rings (SSSR count). The molecule has 0 aliphatic heterocycles. The van der Waals surface area contributed by atoms with Gasteiger partial charge in [-0.1, -0.05) is 12.8 Å². The molecule has 10 heteroatoms. The van der Waals surface area contributed by atoms with Crippen molar-refractivity contribution in [2.45, 2.75) is 54.7 Å². The number of hydrogen-bond acceptors (Lipinski definition) is 7. The molecule has 2 aliphatic carbocycles. The maximum atomic E-state index is 12.0. The summed E-state index contributed by atoms with van der Waals surface area (Å²) in [6.07, 6.45) is 10.7. The van der Waals surface area contributed by atoms with E-state index in [4.69, 9.17) is 0 Å². The third-order valence-corrected chi connectivity index (χ3v) is 6.68. The van der Waals surface area contributed by atoms with Gasteiger partial charge >= 0.3 is 0 Å². The lowest BCUT2D eigenvalue weighted by molar-refractivity contribution is -0.117. The highest BCUT2D eigenvalue weighted by Gasteiger charge is 2.30. The molecule has 31 heavy (non-hydrogen) atoms. The Morgan fingerprint density at radius 3 is 2.68 bits per heavy atom. The van der Waals surface area contributed by atoms with Gasteiger partial charge in [-0.3, -0.25) is 9.20 Å². The number of fused-ring (bicyclic) bond motifs is 2. The summed E-state index contributed by atoms with van der Waals surface area (Å²) in [6, 6.07) is 8.38. The predicted octanol–water partition coefficient (Wildman–Crippen LogP) is 3.63. The summed E-state index contributed by atoms with van der Waals surface area (Å²) in [6.45, 7) is 0. The lowest BCUT2D eigenvalue weighted by atomic mass is 10.2. The number of aromatic nitrogens is 6. The number of imidazole rings is 1. The summed E-state index contributed by atoms with van der Waals surface area (Å²) >= 11 is 1.44. The Morgan fingerprint density at radius 2 is 1.84 bits per heavy atom. The van der Waals surface area contributed by atoms with E-state index in [0.717, 1.165) is 34.4 Å². The van der Waals surface area contributed by atoms with Crippen LogP contribution in [0.1, 0.15) is 38.5 Å². The lowest BCUT2D eigenvalue weighted by Gasteiger charge is -2.13. The fraction of sp³-hybridized carbons (Fsp3) is 0.381. The minimum absolute atomic E-state index is 0.0370. The number of anilines is 2. The van der Waals surface area contributed by atoms with Crippen molar-refractivity contribution in [3.63, 3.8) is 0 Å². The molecule has 4 heterocycles. The second kappa shape index (κ2) is 7.52. The quantitative estimate of drug-likeness (QED) is 0.478. The lowest BCUT2D eigenvalue weighted by Crippen LogP contribution is -2.14. The van der Waals surface area contributed by atoms with Crippen molar-refractivity contribution in [2.75, 3.05) is 10.6 Å². The van der Waals surface area contributed by atoms with Crippen LogP contribution in [-0.4, -0.2) is 41.1 Å². The van der Waals surface area contributed by atoms with Crippen molar-refractivity contribution in [1.82, 2.24) is 29.2 Å². The van der Waals surface area contributed by atoms with E-state index >= 15 is 0 Å². The normalized spacial score (nSPS) is 16.9. The molecule has 2 aliphatic rings. The number of carbonyl (C=O) groups is 1. The van der Waals surface area contributed by atoms with E-state index in [1.54, 1.807) is 10.7 Å². The van der Waals surface area contributed by atoms with E-state index in [9.17, 15) is 4.79 Å². The molecule has 2 N–H and O–H groups in total. The summed E-state index contributed by atoms with van der Waals surface area (Å²) in [5, 5.41) is 21.2. The van der Waals surface area contributed by atoms with Crippen LogP contribution in [0, 0.1) is 5.92 Å². The monoisotopic (exact) mass is 434 g/mol. The Labute approximate surface area is 182 Å². The van der Waals surface area contributed by atoms with Crippen LogP contribution in [0.3, 0.4) is 0 Å². The highest BCUT2D eigenvalue weighted by molar-refractivity contribution is 7.99. The molecule has 1 amide bonds. The molecule has 2 fully saturated rings. The van der Waals surface area contributed by atoms with Crippen molar-refractivity contribution in [2.24, 2.45) is 5.92 Å². The molecule has 9 nitrogen and oxygen atoms in total. The average molecular weight is 435 g/mol. The van der Waals surface area contributed by atoms with Gasteiger partial charge in [-0.2, -0.15) is 5.10 Å². The molecule has 158 valence electrons. The first-order chi connectivity index (χ1) is 15.2. The predicted molar refractivity (Wildman–Crippen MR) is 117 cm³/mol. The molecule has 0 aromatic carbocycles. The van der Waals surface area contributed by atoms with Gasteiger partial charge in [0.1, 0.15) is 5.03 Å². The van der Waals surface area contributed by atoms with E-state index in [2.05, 4.69) is 43.2 Å². The number of nitrogens with zero attached hydrogens (tertiary/aromatic N) is 6. The first-order valence-corrected chi connectivity index (χ1v) is 11.5. The number of pyridine rings is 1. The van der Waals surface area contributed by atoms with Crippen LogP contribution in [0.25, 0.3) is 11.3 Å². The first-order valence-electron chi connectivity index (χ1n) is 10.7. The van der Waals surface area contributed by atoms with Crippen LogP contribution in [-0.2, 0) is 4.79 Å². The smallest absolute Gasteiger partial charge is 0.228 e. The number of hydrogen-bond donors (Lipinski definition) is 2. The SMILES string of the molecule is O=C(Nc1cn2nc(Sc3nnc4ccc(NC5CCCC5)cn34)ccc2n1)C1CC1. The molecule has 0 bridgehead atoms. The molecule has 0 radical (unpaired) electrons. The van der Waals surface area contributed by atoms with Gasteiger partial charge in [0.15, 0.2) is 17.1 Å². The summed E-state index contributed by atoms with van der Waals surface area (Å²) in [4.78, 5) is 16.4. The van der Waals surface area contributed by atoms with Crippen LogP contribution >= 0.6 is 11.8 Å². The molecular formula is C21H22N8OS. The topological polar surface area (TPSA) is 102 Å². The van der Waals surface area contributed by atoms with Gasteiger partial charge in [-0.15, -0.1) is 10.2 Å². The Balaban J connectivity index is 1.23.